The van der Waals surface area contributed by atoms with E-state index >= 15 is 0 Å². The number of carbonyl (C=O) groups excluding carboxylic acids is 1. The van der Waals surface area contributed by atoms with E-state index in [-0.39, 0.29) is 16.5 Å². The second-order valence-corrected chi connectivity index (χ2v) is 5.77. The first kappa shape index (κ1) is 12.9. The van der Waals surface area contributed by atoms with Crippen molar-refractivity contribution in [1.82, 2.24) is 15.5 Å². The number of rotatable bonds is 4. The molecule has 0 spiro atoms. The van der Waals surface area contributed by atoms with E-state index in [0.717, 1.165) is 0 Å². The first-order chi connectivity index (χ1) is 7.37. The molecule has 4 N–H and O–H groups in total. The largest absolute Gasteiger partial charge is 0.382 e. The summed E-state index contributed by atoms with van der Waals surface area (Å²) < 4.78 is 0.0159. The normalized spacial score (nSPS) is 11.5. The summed E-state index contributed by atoms with van der Waals surface area (Å²) in [4.78, 5) is 11.8. The first-order valence-corrected chi connectivity index (χ1v) is 6.23. The second kappa shape index (κ2) is 4.78. The van der Waals surface area contributed by atoms with Gasteiger partial charge in [0.15, 0.2) is 5.82 Å². The van der Waals surface area contributed by atoms with Crippen molar-refractivity contribution in [2.75, 3.05) is 18.5 Å². The zero-order chi connectivity index (χ0) is 12.3. The molecular weight excluding hydrogens is 224 g/mol. The third-order valence-corrected chi connectivity index (χ3v) is 3.68. The van der Waals surface area contributed by atoms with Crippen LogP contribution in [0.4, 0.5) is 5.82 Å². The molecule has 0 fully saturated rings. The SMILES string of the molecule is CSC(C)(C)CNC(=O)c1c(N)n[nH]c1C. The molecule has 0 atom stereocenters. The lowest BCUT2D eigenvalue weighted by Gasteiger charge is -2.22. The van der Waals surface area contributed by atoms with E-state index < -0.39 is 0 Å². The molecule has 0 saturated carbocycles. The standard InChI is InChI=1S/C10H18N4OS/c1-6-7(8(11)14-13-6)9(15)12-5-10(2,3)16-4/h5H2,1-4H3,(H,12,15)(H3,11,13,14). The maximum Gasteiger partial charge on any atom is 0.256 e. The minimum Gasteiger partial charge on any atom is -0.382 e. The lowest BCUT2D eigenvalue weighted by molar-refractivity contribution is 0.0951. The summed E-state index contributed by atoms with van der Waals surface area (Å²) in [5, 5.41) is 9.33. The third-order valence-electron chi connectivity index (χ3n) is 2.43. The summed E-state index contributed by atoms with van der Waals surface area (Å²) in [6.07, 6.45) is 2.02. The molecule has 0 radical (unpaired) electrons. The van der Waals surface area contributed by atoms with Crippen LogP contribution in [0.1, 0.15) is 29.9 Å². The predicted octanol–water partition coefficient (Wildman–Crippen LogP) is 1.17. The number of amides is 1. The Balaban J connectivity index is 2.67. The van der Waals surface area contributed by atoms with E-state index in [2.05, 4.69) is 29.4 Å². The van der Waals surface area contributed by atoms with Crippen LogP contribution in [0.5, 0.6) is 0 Å². The second-order valence-electron chi connectivity index (χ2n) is 4.26. The molecule has 0 aliphatic carbocycles. The Morgan fingerprint density at radius 1 is 1.62 bits per heavy atom. The van der Waals surface area contributed by atoms with Crippen molar-refractivity contribution >= 4 is 23.5 Å². The zero-order valence-corrected chi connectivity index (χ0v) is 10.9. The lowest BCUT2D eigenvalue weighted by atomic mass is 10.2. The highest BCUT2D eigenvalue weighted by atomic mass is 32.2. The van der Waals surface area contributed by atoms with E-state index in [0.29, 0.717) is 17.8 Å². The fourth-order valence-electron chi connectivity index (χ4n) is 1.19. The molecule has 1 aromatic rings. The number of aromatic nitrogens is 2. The monoisotopic (exact) mass is 242 g/mol. The van der Waals surface area contributed by atoms with Crippen molar-refractivity contribution in [3.63, 3.8) is 0 Å². The van der Waals surface area contributed by atoms with E-state index in [1.165, 1.54) is 0 Å². The number of carbonyl (C=O) groups is 1. The minimum absolute atomic E-state index is 0.0159. The molecule has 0 aromatic carbocycles. The summed E-state index contributed by atoms with van der Waals surface area (Å²) in [7, 11) is 0. The number of aryl methyl sites for hydroxylation is 1. The quantitative estimate of drug-likeness (QED) is 0.740. The Kier molecular flexibility index (Phi) is 3.85. The van der Waals surface area contributed by atoms with Gasteiger partial charge in [0.05, 0.1) is 0 Å². The summed E-state index contributed by atoms with van der Waals surface area (Å²) in [6.45, 7) is 6.52. The van der Waals surface area contributed by atoms with Crippen LogP contribution >= 0.6 is 11.8 Å². The number of anilines is 1. The van der Waals surface area contributed by atoms with E-state index in [1.54, 1.807) is 18.7 Å². The van der Waals surface area contributed by atoms with Gasteiger partial charge in [-0.3, -0.25) is 9.89 Å². The Labute approximate surface area is 99.6 Å². The molecular formula is C10H18N4OS. The fraction of sp³-hybridized carbons (Fsp3) is 0.600. The molecule has 0 saturated heterocycles. The van der Waals surface area contributed by atoms with Crippen LogP contribution in [0.2, 0.25) is 0 Å². The molecule has 0 bridgehead atoms. The van der Waals surface area contributed by atoms with Gasteiger partial charge in [0, 0.05) is 17.0 Å². The lowest BCUT2D eigenvalue weighted by Crippen LogP contribution is -2.36. The van der Waals surface area contributed by atoms with Crippen LogP contribution < -0.4 is 11.1 Å². The highest BCUT2D eigenvalue weighted by molar-refractivity contribution is 7.99. The number of nitrogens with zero attached hydrogens (tertiary/aromatic N) is 1. The Hall–Kier alpha value is -1.17. The summed E-state index contributed by atoms with van der Waals surface area (Å²) in [6, 6.07) is 0. The highest BCUT2D eigenvalue weighted by Gasteiger charge is 2.20. The first-order valence-electron chi connectivity index (χ1n) is 5.01. The minimum atomic E-state index is -0.175. The number of nitrogens with two attached hydrogens (primary N) is 1. The van der Waals surface area contributed by atoms with Crippen molar-refractivity contribution in [3.05, 3.63) is 11.3 Å². The molecule has 16 heavy (non-hydrogen) atoms. The van der Waals surface area contributed by atoms with Gasteiger partial charge in [-0.2, -0.15) is 16.9 Å². The number of nitrogens with one attached hydrogen (secondary N) is 2. The topological polar surface area (TPSA) is 83.8 Å². The maximum absolute atomic E-state index is 11.8. The average molecular weight is 242 g/mol. The predicted molar refractivity (Wildman–Crippen MR) is 67.7 cm³/mol. The van der Waals surface area contributed by atoms with Crippen molar-refractivity contribution in [1.29, 1.82) is 0 Å². The van der Waals surface area contributed by atoms with Crippen LogP contribution in [0.3, 0.4) is 0 Å². The number of aromatic amines is 1. The smallest absolute Gasteiger partial charge is 0.256 e. The number of hydrogen-bond donors (Lipinski definition) is 3. The van der Waals surface area contributed by atoms with Crippen LogP contribution in [-0.2, 0) is 0 Å². The Bertz CT molecular complexity index is 367. The van der Waals surface area contributed by atoms with E-state index in [9.17, 15) is 4.79 Å². The summed E-state index contributed by atoms with van der Waals surface area (Å²) >= 11 is 1.71. The highest BCUT2D eigenvalue weighted by Crippen LogP contribution is 2.20. The summed E-state index contributed by atoms with van der Waals surface area (Å²) in [5.74, 6) is 0.0721. The van der Waals surface area contributed by atoms with Crippen LogP contribution in [-0.4, -0.2) is 33.7 Å². The number of hydrogen-bond acceptors (Lipinski definition) is 4. The van der Waals surface area contributed by atoms with Gasteiger partial charge in [0.2, 0.25) is 0 Å². The van der Waals surface area contributed by atoms with Crippen LogP contribution in [0, 0.1) is 6.92 Å². The molecule has 1 amide bonds. The fourth-order valence-corrected chi connectivity index (χ4v) is 1.40. The molecule has 0 aliphatic heterocycles. The molecule has 1 rings (SSSR count). The van der Waals surface area contributed by atoms with Gasteiger partial charge < -0.3 is 11.1 Å². The van der Waals surface area contributed by atoms with Gasteiger partial charge in [-0.1, -0.05) is 0 Å². The van der Waals surface area contributed by atoms with Crippen molar-refractivity contribution in [2.24, 2.45) is 0 Å². The number of nitrogen functional groups attached to an aromatic ring is 1. The third kappa shape index (κ3) is 2.91. The molecule has 1 aromatic heterocycles. The van der Waals surface area contributed by atoms with E-state index in [1.807, 2.05) is 6.26 Å². The van der Waals surface area contributed by atoms with Crippen LogP contribution in [0.15, 0.2) is 0 Å². The van der Waals surface area contributed by atoms with Crippen molar-refractivity contribution in [3.8, 4) is 0 Å². The van der Waals surface area contributed by atoms with Gasteiger partial charge in [-0.05, 0) is 27.0 Å². The van der Waals surface area contributed by atoms with E-state index in [4.69, 9.17) is 5.73 Å². The Morgan fingerprint density at radius 3 is 2.69 bits per heavy atom. The number of thioether (sulfide) groups is 1. The molecule has 5 nitrogen and oxygen atoms in total. The average Bonchev–Trinajstić information content (AvgIpc) is 2.55. The van der Waals surface area contributed by atoms with Gasteiger partial charge >= 0.3 is 0 Å². The summed E-state index contributed by atoms with van der Waals surface area (Å²) in [5.41, 5.74) is 6.74. The molecule has 6 heteroatoms. The molecule has 1 heterocycles. The van der Waals surface area contributed by atoms with Gasteiger partial charge in [-0.15, -0.1) is 0 Å². The van der Waals surface area contributed by atoms with Crippen molar-refractivity contribution < 1.29 is 4.79 Å². The van der Waals surface area contributed by atoms with Gasteiger partial charge in [0.25, 0.3) is 5.91 Å². The Morgan fingerprint density at radius 2 is 2.25 bits per heavy atom. The molecule has 90 valence electrons. The van der Waals surface area contributed by atoms with Crippen molar-refractivity contribution in [2.45, 2.75) is 25.5 Å². The van der Waals surface area contributed by atoms with Gasteiger partial charge in [-0.25, -0.2) is 0 Å². The molecule has 0 unspecified atom stereocenters. The van der Waals surface area contributed by atoms with Crippen LogP contribution in [0.25, 0.3) is 0 Å². The number of H-pyrrole nitrogens is 1. The molecule has 0 aliphatic rings. The van der Waals surface area contributed by atoms with Gasteiger partial charge in [0.1, 0.15) is 5.56 Å². The maximum atomic E-state index is 11.8. The zero-order valence-electron chi connectivity index (χ0n) is 10.0.